The molecule has 0 radical (unpaired) electrons. The molecule has 0 aliphatic rings. The van der Waals surface area contributed by atoms with E-state index in [1.54, 1.807) is 13.2 Å². The van der Waals surface area contributed by atoms with Gasteiger partial charge in [-0.25, -0.2) is 4.98 Å². The molecular formula is C11H17N3O3S. The van der Waals surface area contributed by atoms with Crippen molar-refractivity contribution < 1.29 is 9.13 Å². The van der Waals surface area contributed by atoms with Gasteiger partial charge in [-0.15, -0.1) is 0 Å². The molecule has 1 N–H and O–H groups in total. The minimum absolute atomic E-state index is 0.0129. The van der Waals surface area contributed by atoms with Crippen LogP contribution in [0.2, 0.25) is 0 Å². The standard InChI is InChI=1S/C11H17N3O3S/c1-8-6-10(14(15)16)7-13-11(8)12-5-4-9(2)18(3)17/h6-7,9H,4-5H2,1-3H3,(H,12,13). The zero-order chi connectivity index (χ0) is 13.7. The van der Waals surface area contributed by atoms with Crippen LogP contribution < -0.4 is 5.32 Å². The van der Waals surface area contributed by atoms with Gasteiger partial charge in [0.05, 0.1) is 4.92 Å². The molecule has 7 heteroatoms. The number of hydrogen-bond acceptors (Lipinski definition) is 5. The molecule has 0 aromatic carbocycles. The highest BCUT2D eigenvalue weighted by molar-refractivity contribution is 7.84. The van der Waals surface area contributed by atoms with Gasteiger partial charge in [0.15, 0.2) is 0 Å². The Balaban J connectivity index is 2.58. The van der Waals surface area contributed by atoms with E-state index in [1.807, 2.05) is 6.92 Å². The maximum absolute atomic E-state index is 11.2. The minimum Gasteiger partial charge on any atom is -0.370 e. The smallest absolute Gasteiger partial charge is 0.287 e. The van der Waals surface area contributed by atoms with Crippen LogP contribution in [0.25, 0.3) is 0 Å². The van der Waals surface area contributed by atoms with Crippen molar-refractivity contribution in [3.63, 3.8) is 0 Å². The highest BCUT2D eigenvalue weighted by Gasteiger charge is 2.10. The van der Waals surface area contributed by atoms with Crippen LogP contribution in [0.1, 0.15) is 18.9 Å². The fourth-order valence-corrected chi connectivity index (χ4v) is 1.85. The summed E-state index contributed by atoms with van der Waals surface area (Å²) in [6.45, 7) is 4.34. The number of pyridine rings is 1. The van der Waals surface area contributed by atoms with E-state index >= 15 is 0 Å². The first-order valence-electron chi connectivity index (χ1n) is 5.59. The molecule has 0 saturated carbocycles. The van der Waals surface area contributed by atoms with Gasteiger partial charge in [0.25, 0.3) is 5.69 Å². The average molecular weight is 271 g/mol. The number of nitrogens with one attached hydrogen (secondary N) is 1. The summed E-state index contributed by atoms with van der Waals surface area (Å²) in [5, 5.41) is 13.8. The summed E-state index contributed by atoms with van der Waals surface area (Å²) in [5.74, 6) is 0.634. The van der Waals surface area contributed by atoms with Gasteiger partial charge in [-0.1, -0.05) is 6.92 Å². The van der Waals surface area contributed by atoms with E-state index in [0.29, 0.717) is 12.4 Å². The van der Waals surface area contributed by atoms with Gasteiger partial charge < -0.3 is 5.32 Å². The number of rotatable bonds is 6. The minimum atomic E-state index is -0.833. The molecule has 1 aromatic heterocycles. The summed E-state index contributed by atoms with van der Waals surface area (Å²) in [6, 6.07) is 1.48. The summed E-state index contributed by atoms with van der Waals surface area (Å²) >= 11 is 0. The van der Waals surface area contributed by atoms with Crippen molar-refractivity contribution in [1.29, 1.82) is 0 Å². The SMILES string of the molecule is Cc1cc([N+](=O)[O-])cnc1NCCC(C)S(C)=O. The second kappa shape index (κ2) is 6.44. The quantitative estimate of drug-likeness (QED) is 0.630. The van der Waals surface area contributed by atoms with E-state index in [9.17, 15) is 14.3 Å². The highest BCUT2D eigenvalue weighted by atomic mass is 32.2. The summed E-state index contributed by atoms with van der Waals surface area (Å²) in [7, 11) is -0.833. The number of hydrogen-bond donors (Lipinski definition) is 1. The fourth-order valence-electron chi connectivity index (χ4n) is 1.40. The molecule has 18 heavy (non-hydrogen) atoms. The van der Waals surface area contributed by atoms with Gasteiger partial charge in [-0.05, 0) is 18.9 Å². The first-order chi connectivity index (χ1) is 8.41. The number of aromatic nitrogens is 1. The van der Waals surface area contributed by atoms with E-state index in [-0.39, 0.29) is 10.9 Å². The van der Waals surface area contributed by atoms with Crippen molar-refractivity contribution in [1.82, 2.24) is 4.98 Å². The molecule has 1 rings (SSSR count). The molecule has 0 saturated heterocycles. The Morgan fingerprint density at radius 1 is 1.61 bits per heavy atom. The molecule has 0 aliphatic carbocycles. The lowest BCUT2D eigenvalue weighted by Crippen LogP contribution is -2.15. The van der Waals surface area contributed by atoms with E-state index in [4.69, 9.17) is 0 Å². The van der Waals surface area contributed by atoms with Gasteiger partial charge in [-0.3, -0.25) is 14.3 Å². The molecule has 0 spiro atoms. The summed E-state index contributed by atoms with van der Waals surface area (Å²) in [6.07, 6.45) is 3.68. The van der Waals surface area contributed by atoms with Gasteiger partial charge in [-0.2, -0.15) is 0 Å². The number of nitrogens with zero attached hydrogens (tertiary/aromatic N) is 2. The monoisotopic (exact) mass is 271 g/mol. The molecule has 0 fully saturated rings. The molecule has 0 aliphatic heterocycles. The lowest BCUT2D eigenvalue weighted by molar-refractivity contribution is -0.385. The van der Waals surface area contributed by atoms with Crippen molar-refractivity contribution >= 4 is 22.3 Å². The first-order valence-corrected chi connectivity index (χ1v) is 7.21. The van der Waals surface area contributed by atoms with Gasteiger partial charge in [0, 0.05) is 34.9 Å². The van der Waals surface area contributed by atoms with Crippen molar-refractivity contribution in [2.45, 2.75) is 25.5 Å². The van der Waals surface area contributed by atoms with Gasteiger partial charge >= 0.3 is 0 Å². The zero-order valence-corrected chi connectivity index (χ0v) is 11.5. The molecule has 1 aromatic rings. The second-order valence-corrected chi connectivity index (χ2v) is 5.94. The molecule has 0 bridgehead atoms. The molecule has 1 heterocycles. The molecule has 6 nitrogen and oxygen atoms in total. The van der Waals surface area contributed by atoms with Crippen molar-refractivity contribution in [3.8, 4) is 0 Å². The van der Waals surface area contributed by atoms with Crippen LogP contribution in [0.3, 0.4) is 0 Å². The molecule has 100 valence electrons. The zero-order valence-electron chi connectivity index (χ0n) is 10.7. The third-order valence-electron chi connectivity index (χ3n) is 2.68. The summed E-state index contributed by atoms with van der Waals surface area (Å²) in [4.78, 5) is 14.1. The topological polar surface area (TPSA) is 85.1 Å². The third-order valence-corrected chi connectivity index (χ3v) is 4.05. The van der Waals surface area contributed by atoms with Crippen LogP contribution in [0.15, 0.2) is 12.3 Å². The summed E-state index contributed by atoms with van der Waals surface area (Å²) < 4.78 is 11.2. The Labute approximate surface area is 108 Å². The van der Waals surface area contributed by atoms with Gasteiger partial charge in [0.1, 0.15) is 12.0 Å². The number of nitro groups is 1. The number of aryl methyl sites for hydroxylation is 1. The van der Waals surface area contributed by atoms with E-state index in [1.165, 1.54) is 12.3 Å². The van der Waals surface area contributed by atoms with Crippen LogP contribution in [-0.2, 0) is 10.8 Å². The normalized spacial score (nSPS) is 13.9. The van der Waals surface area contributed by atoms with Crippen LogP contribution in [0.5, 0.6) is 0 Å². The predicted molar refractivity (Wildman–Crippen MR) is 72.3 cm³/mol. The Bertz CT molecular complexity index is 465. The van der Waals surface area contributed by atoms with Crippen molar-refractivity contribution in [2.24, 2.45) is 0 Å². The second-order valence-electron chi connectivity index (χ2n) is 4.14. The van der Waals surface area contributed by atoms with E-state index in [0.717, 1.165) is 12.0 Å². The summed E-state index contributed by atoms with van der Waals surface area (Å²) in [5.41, 5.74) is 0.718. The maximum Gasteiger partial charge on any atom is 0.287 e. The lowest BCUT2D eigenvalue weighted by Gasteiger charge is -2.11. The lowest BCUT2D eigenvalue weighted by atomic mass is 10.2. The van der Waals surface area contributed by atoms with E-state index < -0.39 is 15.7 Å². The number of anilines is 1. The average Bonchev–Trinajstić information content (AvgIpc) is 2.30. The van der Waals surface area contributed by atoms with Crippen LogP contribution in [0, 0.1) is 17.0 Å². The third kappa shape index (κ3) is 4.06. The van der Waals surface area contributed by atoms with Crippen molar-refractivity contribution in [3.05, 3.63) is 27.9 Å². The molecule has 2 unspecified atom stereocenters. The van der Waals surface area contributed by atoms with Crippen LogP contribution in [0.4, 0.5) is 11.5 Å². The Morgan fingerprint density at radius 2 is 2.28 bits per heavy atom. The van der Waals surface area contributed by atoms with Crippen molar-refractivity contribution in [2.75, 3.05) is 18.1 Å². The maximum atomic E-state index is 11.2. The highest BCUT2D eigenvalue weighted by Crippen LogP contribution is 2.17. The van der Waals surface area contributed by atoms with Gasteiger partial charge in [0.2, 0.25) is 0 Å². The van der Waals surface area contributed by atoms with Crippen LogP contribution in [-0.4, -0.2) is 32.2 Å². The Kier molecular flexibility index (Phi) is 5.21. The molecule has 2 atom stereocenters. The molecule has 0 amide bonds. The van der Waals surface area contributed by atoms with Crippen LogP contribution >= 0.6 is 0 Å². The fraction of sp³-hybridized carbons (Fsp3) is 0.545. The molecular weight excluding hydrogens is 254 g/mol. The predicted octanol–water partition coefficient (Wildman–Crippen LogP) is 1.87. The first kappa shape index (κ1) is 14.6. The Hall–Kier alpha value is -1.50. The van der Waals surface area contributed by atoms with E-state index in [2.05, 4.69) is 10.3 Å². The Morgan fingerprint density at radius 3 is 2.78 bits per heavy atom. The largest absolute Gasteiger partial charge is 0.370 e.